The molecular formula is C15H19N3O4. The lowest BCUT2D eigenvalue weighted by molar-refractivity contribution is -0.137. The van der Waals surface area contributed by atoms with Gasteiger partial charge in [0, 0.05) is 12.6 Å². The molecule has 2 N–H and O–H groups in total. The molecule has 1 unspecified atom stereocenters. The molecule has 1 aromatic heterocycles. The first kappa shape index (κ1) is 15.8. The number of benzene rings is 1. The van der Waals surface area contributed by atoms with Crippen molar-refractivity contribution < 1.29 is 14.7 Å². The Kier molecular flexibility index (Phi) is 4.65. The molecule has 0 radical (unpaired) electrons. The van der Waals surface area contributed by atoms with Crippen LogP contribution >= 0.6 is 0 Å². The number of para-hydroxylation sites is 2. The van der Waals surface area contributed by atoms with Crippen LogP contribution in [0.4, 0.5) is 0 Å². The number of carboxylic acid groups (broad SMARTS) is 1. The number of carbonyl (C=O) groups is 2. The van der Waals surface area contributed by atoms with E-state index in [1.54, 1.807) is 17.6 Å². The van der Waals surface area contributed by atoms with Crippen LogP contribution in [0.5, 0.6) is 0 Å². The lowest BCUT2D eigenvalue weighted by Gasteiger charge is -2.11. The zero-order valence-corrected chi connectivity index (χ0v) is 12.6. The fourth-order valence-electron chi connectivity index (χ4n) is 2.51. The van der Waals surface area contributed by atoms with E-state index in [0.717, 1.165) is 5.52 Å². The van der Waals surface area contributed by atoms with E-state index in [1.807, 2.05) is 25.1 Å². The summed E-state index contributed by atoms with van der Waals surface area (Å²) >= 11 is 0. The zero-order valence-electron chi connectivity index (χ0n) is 12.6. The van der Waals surface area contributed by atoms with Gasteiger partial charge in [0.05, 0.1) is 17.5 Å². The topological polar surface area (TPSA) is 93.3 Å². The molecule has 1 heterocycles. The largest absolute Gasteiger partial charge is 0.481 e. The molecule has 22 heavy (non-hydrogen) atoms. The van der Waals surface area contributed by atoms with E-state index in [-0.39, 0.29) is 24.6 Å². The molecule has 7 nitrogen and oxygen atoms in total. The van der Waals surface area contributed by atoms with E-state index in [4.69, 9.17) is 5.11 Å². The van der Waals surface area contributed by atoms with Gasteiger partial charge in [0.25, 0.3) is 0 Å². The third-order valence-electron chi connectivity index (χ3n) is 3.43. The molecule has 1 aromatic carbocycles. The summed E-state index contributed by atoms with van der Waals surface area (Å²) in [6.07, 6.45) is -0.155. The van der Waals surface area contributed by atoms with Gasteiger partial charge >= 0.3 is 11.7 Å². The number of hydrogen-bond donors (Lipinski definition) is 2. The molecule has 0 bridgehead atoms. The van der Waals surface area contributed by atoms with Crippen LogP contribution < -0.4 is 11.0 Å². The number of aryl methyl sites for hydroxylation is 1. The lowest BCUT2D eigenvalue weighted by atomic mass is 10.2. The Balaban J connectivity index is 2.25. The molecule has 0 saturated heterocycles. The standard InChI is InChI=1S/C15H19N3O4/c1-3-17-11-6-4-5-7-12(11)18(15(17)22)9-13(19)16-10(2)8-14(20)21/h4-7,10H,3,8-9H2,1-2H3,(H,16,19)(H,20,21). The van der Waals surface area contributed by atoms with Gasteiger partial charge in [0.1, 0.15) is 6.54 Å². The van der Waals surface area contributed by atoms with Gasteiger partial charge < -0.3 is 10.4 Å². The average molecular weight is 305 g/mol. The maximum Gasteiger partial charge on any atom is 0.329 e. The molecule has 1 atom stereocenters. The first-order valence-electron chi connectivity index (χ1n) is 7.13. The Morgan fingerprint density at radius 3 is 2.36 bits per heavy atom. The quantitative estimate of drug-likeness (QED) is 0.825. The minimum Gasteiger partial charge on any atom is -0.481 e. The summed E-state index contributed by atoms with van der Waals surface area (Å²) in [5, 5.41) is 11.3. The predicted molar refractivity (Wildman–Crippen MR) is 81.7 cm³/mol. The highest BCUT2D eigenvalue weighted by atomic mass is 16.4. The smallest absolute Gasteiger partial charge is 0.329 e. The molecule has 7 heteroatoms. The number of rotatable bonds is 6. The van der Waals surface area contributed by atoms with Crippen molar-refractivity contribution in [3.8, 4) is 0 Å². The van der Waals surface area contributed by atoms with E-state index in [0.29, 0.717) is 12.1 Å². The van der Waals surface area contributed by atoms with Gasteiger partial charge in [0.2, 0.25) is 5.91 Å². The first-order chi connectivity index (χ1) is 10.4. The summed E-state index contributed by atoms with van der Waals surface area (Å²) in [6.45, 7) is 3.87. The molecule has 0 aliphatic heterocycles. The normalized spacial score (nSPS) is 12.3. The van der Waals surface area contributed by atoms with Crippen molar-refractivity contribution in [2.45, 2.75) is 39.4 Å². The van der Waals surface area contributed by atoms with Gasteiger partial charge in [-0.05, 0) is 26.0 Å². The zero-order chi connectivity index (χ0) is 16.3. The molecule has 0 spiro atoms. The van der Waals surface area contributed by atoms with E-state index in [9.17, 15) is 14.4 Å². The number of carboxylic acids is 1. The molecular weight excluding hydrogens is 286 g/mol. The van der Waals surface area contributed by atoms with Gasteiger partial charge in [-0.2, -0.15) is 0 Å². The second-order valence-corrected chi connectivity index (χ2v) is 5.17. The van der Waals surface area contributed by atoms with Crippen LogP contribution in [-0.2, 0) is 22.7 Å². The maximum atomic E-state index is 12.4. The maximum absolute atomic E-state index is 12.4. The molecule has 0 fully saturated rings. The Hall–Kier alpha value is -2.57. The minimum atomic E-state index is -0.979. The van der Waals surface area contributed by atoms with Crippen molar-refractivity contribution in [3.63, 3.8) is 0 Å². The van der Waals surface area contributed by atoms with Crippen LogP contribution in [0.3, 0.4) is 0 Å². The molecule has 1 amide bonds. The monoisotopic (exact) mass is 305 g/mol. The lowest BCUT2D eigenvalue weighted by Crippen LogP contribution is -2.38. The molecule has 118 valence electrons. The van der Waals surface area contributed by atoms with Crippen molar-refractivity contribution in [3.05, 3.63) is 34.7 Å². The summed E-state index contributed by atoms with van der Waals surface area (Å²) in [5.41, 5.74) is 1.22. The van der Waals surface area contributed by atoms with Crippen LogP contribution in [0.1, 0.15) is 20.3 Å². The van der Waals surface area contributed by atoms with Gasteiger partial charge in [-0.25, -0.2) is 4.79 Å². The second-order valence-electron chi connectivity index (χ2n) is 5.17. The van der Waals surface area contributed by atoms with Crippen molar-refractivity contribution in [2.24, 2.45) is 0 Å². The highest BCUT2D eigenvalue weighted by molar-refractivity contribution is 5.81. The number of hydrogen-bond acceptors (Lipinski definition) is 3. The molecule has 0 aliphatic rings. The average Bonchev–Trinajstić information content (AvgIpc) is 2.70. The third-order valence-corrected chi connectivity index (χ3v) is 3.43. The van der Waals surface area contributed by atoms with Gasteiger partial charge in [-0.3, -0.25) is 18.7 Å². The number of carbonyl (C=O) groups excluding carboxylic acids is 1. The number of imidazole rings is 1. The summed E-state index contributed by atoms with van der Waals surface area (Å²) in [7, 11) is 0. The summed E-state index contributed by atoms with van der Waals surface area (Å²) in [5.74, 6) is -1.36. The van der Waals surface area contributed by atoms with Crippen molar-refractivity contribution in [1.29, 1.82) is 0 Å². The van der Waals surface area contributed by atoms with Crippen LogP contribution in [-0.4, -0.2) is 32.2 Å². The van der Waals surface area contributed by atoms with E-state index in [1.165, 1.54) is 4.57 Å². The first-order valence-corrected chi connectivity index (χ1v) is 7.13. The van der Waals surface area contributed by atoms with Crippen molar-refractivity contribution in [2.75, 3.05) is 0 Å². The van der Waals surface area contributed by atoms with Gasteiger partial charge in [-0.15, -0.1) is 0 Å². The minimum absolute atomic E-state index is 0.129. The van der Waals surface area contributed by atoms with E-state index in [2.05, 4.69) is 5.32 Å². The molecule has 0 aliphatic carbocycles. The highest BCUT2D eigenvalue weighted by Crippen LogP contribution is 2.12. The Bertz CT molecular complexity index is 760. The summed E-state index contributed by atoms with van der Waals surface area (Å²) in [4.78, 5) is 35.0. The highest BCUT2D eigenvalue weighted by Gasteiger charge is 2.16. The van der Waals surface area contributed by atoms with Gasteiger partial charge in [-0.1, -0.05) is 12.1 Å². The number of fused-ring (bicyclic) bond motifs is 1. The number of nitrogens with one attached hydrogen (secondary N) is 1. The summed E-state index contributed by atoms with van der Waals surface area (Å²) in [6, 6.07) is 6.79. The van der Waals surface area contributed by atoms with Crippen LogP contribution in [0.15, 0.2) is 29.1 Å². The number of aromatic nitrogens is 2. The Labute approximate surface area is 127 Å². The number of nitrogens with zero attached hydrogens (tertiary/aromatic N) is 2. The number of amides is 1. The SMILES string of the molecule is CCn1c(=O)n(CC(=O)NC(C)CC(=O)O)c2ccccc21. The van der Waals surface area contributed by atoms with Crippen LogP contribution in [0.2, 0.25) is 0 Å². The second kappa shape index (κ2) is 6.46. The van der Waals surface area contributed by atoms with Crippen LogP contribution in [0, 0.1) is 0 Å². The number of aliphatic carboxylic acids is 1. The van der Waals surface area contributed by atoms with E-state index < -0.39 is 12.0 Å². The third kappa shape index (κ3) is 3.19. The predicted octanol–water partition coefficient (Wildman–Crippen LogP) is 0.802. The molecule has 0 saturated carbocycles. The van der Waals surface area contributed by atoms with Crippen molar-refractivity contribution in [1.82, 2.24) is 14.5 Å². The molecule has 2 rings (SSSR count). The van der Waals surface area contributed by atoms with E-state index >= 15 is 0 Å². The van der Waals surface area contributed by atoms with Crippen LogP contribution in [0.25, 0.3) is 11.0 Å². The fraction of sp³-hybridized carbons (Fsp3) is 0.400. The van der Waals surface area contributed by atoms with Crippen molar-refractivity contribution >= 4 is 22.9 Å². The fourth-order valence-corrected chi connectivity index (χ4v) is 2.51. The Morgan fingerprint density at radius 2 is 1.82 bits per heavy atom. The molecule has 2 aromatic rings. The Morgan fingerprint density at radius 1 is 1.23 bits per heavy atom. The summed E-state index contributed by atoms with van der Waals surface area (Å²) < 4.78 is 3.00. The van der Waals surface area contributed by atoms with Gasteiger partial charge in [0.15, 0.2) is 0 Å².